The van der Waals surface area contributed by atoms with E-state index in [1.54, 1.807) is 4.90 Å². The largest absolute Gasteiger partial charge is 0.349 e. The molecule has 0 aromatic carbocycles. The van der Waals surface area contributed by atoms with E-state index in [1.807, 2.05) is 27.7 Å². The zero-order valence-electron chi connectivity index (χ0n) is 22.2. The van der Waals surface area contributed by atoms with Gasteiger partial charge < -0.3 is 33.3 Å². The lowest BCUT2D eigenvalue weighted by Gasteiger charge is -2.36. The molecule has 5 fully saturated rings. The average Bonchev–Trinajstić information content (AvgIpc) is 3.46. The van der Waals surface area contributed by atoms with Crippen molar-refractivity contribution in [2.24, 2.45) is 0 Å². The number of ether oxygens (including phenoxy) is 6. The summed E-state index contributed by atoms with van der Waals surface area (Å²) in [5.41, 5.74) is 0. The zero-order chi connectivity index (χ0) is 26.4. The maximum atomic E-state index is 12.7. The third kappa shape index (κ3) is 6.00. The highest BCUT2D eigenvalue weighted by atomic mass is 16.8. The first kappa shape index (κ1) is 26.9. The van der Waals surface area contributed by atoms with Crippen molar-refractivity contribution < 1.29 is 42.8 Å². The van der Waals surface area contributed by atoms with Crippen LogP contribution in [0.5, 0.6) is 0 Å². The Morgan fingerprint density at radius 3 is 2.24 bits per heavy atom. The maximum absolute atomic E-state index is 12.7. The van der Waals surface area contributed by atoms with E-state index >= 15 is 0 Å². The van der Waals surface area contributed by atoms with Crippen molar-refractivity contribution in [3.05, 3.63) is 0 Å². The number of imide groups is 1. The van der Waals surface area contributed by atoms with Crippen LogP contribution in [0, 0.1) is 0 Å². The average molecular weight is 526 g/mol. The summed E-state index contributed by atoms with van der Waals surface area (Å²) in [4.78, 5) is 41.7. The Balaban J connectivity index is 1.07. The van der Waals surface area contributed by atoms with Gasteiger partial charge in [0.1, 0.15) is 31.0 Å². The van der Waals surface area contributed by atoms with Crippen LogP contribution in [0.4, 0.5) is 0 Å². The minimum Gasteiger partial charge on any atom is -0.349 e. The monoisotopic (exact) mass is 525 g/mol. The van der Waals surface area contributed by atoms with Crippen LogP contribution >= 0.6 is 0 Å². The summed E-state index contributed by atoms with van der Waals surface area (Å²) >= 11 is 0. The van der Waals surface area contributed by atoms with Crippen LogP contribution in [0.1, 0.15) is 47.0 Å². The van der Waals surface area contributed by atoms with Gasteiger partial charge >= 0.3 is 0 Å². The van der Waals surface area contributed by atoms with Gasteiger partial charge in [-0.1, -0.05) is 0 Å². The number of carbonyl (C=O) groups excluding carboxylic acids is 3. The third-order valence-corrected chi connectivity index (χ3v) is 7.54. The van der Waals surface area contributed by atoms with Crippen LogP contribution in [0.15, 0.2) is 0 Å². The van der Waals surface area contributed by atoms with Crippen LogP contribution < -0.4 is 0 Å². The van der Waals surface area contributed by atoms with Gasteiger partial charge in [0.25, 0.3) is 0 Å². The molecule has 37 heavy (non-hydrogen) atoms. The summed E-state index contributed by atoms with van der Waals surface area (Å²) in [6.45, 7) is 11.3. The normalized spacial score (nSPS) is 35.8. The maximum Gasteiger partial charge on any atom is 0.242 e. The van der Waals surface area contributed by atoms with Crippen molar-refractivity contribution in [3.63, 3.8) is 0 Å². The minimum absolute atomic E-state index is 0.158. The lowest BCUT2D eigenvalue weighted by Crippen LogP contribution is -2.53. The molecule has 5 aliphatic rings. The Labute approximate surface area is 217 Å². The number of carbonyl (C=O) groups is 3. The van der Waals surface area contributed by atoms with Crippen LogP contribution in [0.2, 0.25) is 0 Å². The number of rotatable bonds is 7. The van der Waals surface area contributed by atoms with E-state index in [-0.39, 0.29) is 48.7 Å². The second-order valence-corrected chi connectivity index (χ2v) is 11.2. The van der Waals surface area contributed by atoms with Gasteiger partial charge in [0.2, 0.25) is 17.7 Å². The predicted molar refractivity (Wildman–Crippen MR) is 127 cm³/mol. The number of hydrogen-bond acceptors (Lipinski definition) is 10. The Hall–Kier alpha value is -1.67. The Morgan fingerprint density at radius 2 is 1.59 bits per heavy atom. The van der Waals surface area contributed by atoms with Gasteiger partial charge in [-0.2, -0.15) is 0 Å². The van der Waals surface area contributed by atoms with Crippen LogP contribution in [0.25, 0.3) is 0 Å². The molecule has 1 unspecified atom stereocenters. The molecule has 0 aromatic heterocycles. The summed E-state index contributed by atoms with van der Waals surface area (Å²) in [5.74, 6) is -2.09. The molecule has 3 amide bonds. The quantitative estimate of drug-likeness (QED) is 0.423. The fraction of sp³-hybridized carbons (Fsp3) is 0.880. The molecule has 5 aliphatic heterocycles. The van der Waals surface area contributed by atoms with Gasteiger partial charge in [0.15, 0.2) is 17.9 Å². The van der Waals surface area contributed by atoms with Crippen molar-refractivity contribution >= 4 is 17.7 Å². The molecule has 0 saturated carbocycles. The molecule has 0 aliphatic carbocycles. The van der Waals surface area contributed by atoms with E-state index in [0.717, 1.165) is 4.90 Å². The number of piperazine rings is 1. The number of fused-ring (bicyclic) bond motifs is 1. The Bertz CT molecular complexity index is 873. The summed E-state index contributed by atoms with van der Waals surface area (Å²) in [6.07, 6.45) is -0.651. The van der Waals surface area contributed by atoms with Gasteiger partial charge in [-0.3, -0.25) is 24.2 Å². The number of likely N-dealkylation sites (tertiary alicyclic amines) is 1. The summed E-state index contributed by atoms with van der Waals surface area (Å²) < 4.78 is 36.3. The predicted octanol–water partition coefficient (Wildman–Crippen LogP) is 0.0828. The molecule has 0 N–H and O–H groups in total. The van der Waals surface area contributed by atoms with Gasteiger partial charge in [0.05, 0.1) is 13.2 Å². The molecular weight excluding hydrogens is 486 g/mol. The molecule has 5 atom stereocenters. The second kappa shape index (κ2) is 10.5. The topological polar surface area (TPSA) is 116 Å². The molecule has 12 heteroatoms. The molecule has 5 heterocycles. The van der Waals surface area contributed by atoms with Crippen molar-refractivity contribution in [1.82, 2.24) is 14.7 Å². The summed E-state index contributed by atoms with van der Waals surface area (Å²) in [7, 11) is 0. The van der Waals surface area contributed by atoms with Crippen molar-refractivity contribution in [3.8, 4) is 0 Å². The van der Waals surface area contributed by atoms with Crippen LogP contribution in [0.3, 0.4) is 0 Å². The number of piperidine rings is 1. The first-order chi connectivity index (χ1) is 17.5. The SMILES string of the molecule is CC1(C)OCC([C@H]2O[C@H](OCCN3CCN(C(=O)CN4C(=O)CCCC4=O)CC3)[C@H]3OC(C)(C)O[C@H]32)O1. The van der Waals surface area contributed by atoms with E-state index in [4.69, 9.17) is 28.4 Å². The first-order valence-electron chi connectivity index (χ1n) is 13.3. The number of hydrogen-bond donors (Lipinski definition) is 0. The van der Waals surface area contributed by atoms with Crippen molar-refractivity contribution in [2.75, 3.05) is 52.5 Å². The van der Waals surface area contributed by atoms with E-state index in [0.29, 0.717) is 65.2 Å². The molecule has 12 nitrogen and oxygen atoms in total. The van der Waals surface area contributed by atoms with E-state index in [9.17, 15) is 14.4 Å². The fourth-order valence-corrected chi connectivity index (χ4v) is 5.63. The smallest absolute Gasteiger partial charge is 0.242 e. The third-order valence-electron chi connectivity index (χ3n) is 7.54. The number of amides is 3. The van der Waals surface area contributed by atoms with Gasteiger partial charge in [-0.25, -0.2) is 0 Å². The fourth-order valence-electron chi connectivity index (χ4n) is 5.63. The Morgan fingerprint density at radius 1 is 0.919 bits per heavy atom. The second-order valence-electron chi connectivity index (χ2n) is 11.2. The molecule has 5 rings (SSSR count). The highest BCUT2D eigenvalue weighted by molar-refractivity contribution is 6.00. The lowest BCUT2D eigenvalue weighted by atomic mass is 10.1. The molecule has 0 aromatic rings. The lowest BCUT2D eigenvalue weighted by molar-refractivity contribution is -0.248. The zero-order valence-corrected chi connectivity index (χ0v) is 22.2. The summed E-state index contributed by atoms with van der Waals surface area (Å²) in [5, 5.41) is 0. The van der Waals surface area contributed by atoms with Gasteiger partial charge in [0, 0.05) is 45.6 Å². The molecule has 0 spiro atoms. The van der Waals surface area contributed by atoms with Gasteiger partial charge in [-0.05, 0) is 34.1 Å². The van der Waals surface area contributed by atoms with Crippen LogP contribution in [-0.2, 0) is 42.8 Å². The van der Waals surface area contributed by atoms with Crippen molar-refractivity contribution in [2.45, 2.75) is 89.2 Å². The Kier molecular flexibility index (Phi) is 7.62. The highest BCUT2D eigenvalue weighted by Crippen LogP contribution is 2.42. The molecule has 208 valence electrons. The highest BCUT2D eigenvalue weighted by Gasteiger charge is 2.59. The summed E-state index contributed by atoms with van der Waals surface area (Å²) in [6, 6.07) is 0. The van der Waals surface area contributed by atoms with E-state index in [1.165, 1.54) is 0 Å². The molecular formula is C25H39N3O9. The number of nitrogens with zero attached hydrogens (tertiary/aromatic N) is 3. The molecule has 5 saturated heterocycles. The first-order valence-corrected chi connectivity index (χ1v) is 13.3. The van der Waals surface area contributed by atoms with Gasteiger partial charge in [-0.15, -0.1) is 0 Å². The standard InChI is InChI=1S/C25H39N3O9/c1-24(2)33-15-16(35-24)20-21-22(37-25(3,4)36-21)23(34-20)32-13-12-26-8-10-27(11-9-26)19(31)14-28-17(29)6-5-7-18(28)30/h16,20-23H,5-15H2,1-4H3/t16?,20-,21+,22+,23+/m1/s1. The minimum atomic E-state index is -0.736. The van der Waals surface area contributed by atoms with E-state index in [2.05, 4.69) is 4.90 Å². The van der Waals surface area contributed by atoms with E-state index < -0.39 is 17.9 Å². The molecule has 0 radical (unpaired) electrons. The van der Waals surface area contributed by atoms with Crippen LogP contribution in [-0.4, -0.2) is 127 Å². The molecule has 0 bridgehead atoms. The van der Waals surface area contributed by atoms with Crippen molar-refractivity contribution in [1.29, 1.82) is 0 Å².